The number of hydrogen-bond donors (Lipinski definition) is 2. The summed E-state index contributed by atoms with van der Waals surface area (Å²) in [5.41, 5.74) is 0.907. The zero-order valence-corrected chi connectivity index (χ0v) is 12.3. The van der Waals surface area contributed by atoms with E-state index in [0.29, 0.717) is 6.04 Å². The van der Waals surface area contributed by atoms with E-state index in [0.717, 1.165) is 23.2 Å². The molecule has 1 aliphatic carbocycles. The number of anilines is 2. The van der Waals surface area contributed by atoms with Crippen LogP contribution in [0.3, 0.4) is 0 Å². The van der Waals surface area contributed by atoms with Gasteiger partial charge in [0, 0.05) is 25.5 Å². The summed E-state index contributed by atoms with van der Waals surface area (Å²) in [6.07, 6.45) is 12.2. The monoisotopic (exact) mass is 273 g/mol. The minimum absolute atomic E-state index is 0.522. The van der Waals surface area contributed by atoms with Gasteiger partial charge < -0.3 is 15.0 Å². The lowest BCUT2D eigenvalue weighted by Crippen LogP contribution is -2.32. The maximum Gasteiger partial charge on any atom is 0.180 e. The minimum atomic E-state index is 0.522. The molecule has 20 heavy (non-hydrogen) atoms. The predicted octanol–water partition coefficient (Wildman–Crippen LogP) is 3.15. The second-order valence-electron chi connectivity index (χ2n) is 5.59. The van der Waals surface area contributed by atoms with Gasteiger partial charge in [0.1, 0.15) is 5.82 Å². The van der Waals surface area contributed by atoms with Gasteiger partial charge in [-0.1, -0.05) is 26.2 Å². The number of aromatic nitrogens is 3. The van der Waals surface area contributed by atoms with Gasteiger partial charge in [0.15, 0.2) is 11.5 Å². The van der Waals surface area contributed by atoms with Gasteiger partial charge in [0.25, 0.3) is 0 Å². The Hall–Kier alpha value is -1.78. The van der Waals surface area contributed by atoms with E-state index in [-0.39, 0.29) is 0 Å². The average Bonchev–Trinajstić information content (AvgIpc) is 2.96. The summed E-state index contributed by atoms with van der Waals surface area (Å²) in [5, 5.41) is 6.76. The third-order valence-electron chi connectivity index (χ3n) is 4.39. The first-order chi connectivity index (χ1) is 9.81. The van der Waals surface area contributed by atoms with Gasteiger partial charge in [-0.2, -0.15) is 0 Å². The average molecular weight is 273 g/mol. The Labute approximate surface area is 119 Å². The summed E-state index contributed by atoms with van der Waals surface area (Å²) in [6, 6.07) is 0.522. The van der Waals surface area contributed by atoms with Crippen LogP contribution in [0.2, 0.25) is 0 Å². The number of nitrogens with one attached hydrogen (secondary N) is 2. The molecule has 0 saturated heterocycles. The van der Waals surface area contributed by atoms with Crippen molar-refractivity contribution in [3.05, 3.63) is 18.6 Å². The summed E-state index contributed by atoms with van der Waals surface area (Å²) < 4.78 is 2.02. The second kappa shape index (κ2) is 5.69. The minimum Gasteiger partial charge on any atom is -0.372 e. The summed E-state index contributed by atoms with van der Waals surface area (Å²) in [4.78, 5) is 9.07. The molecule has 5 nitrogen and oxygen atoms in total. The van der Waals surface area contributed by atoms with Crippen LogP contribution in [0.5, 0.6) is 0 Å². The Kier molecular flexibility index (Phi) is 3.76. The fourth-order valence-electron chi connectivity index (χ4n) is 3.21. The highest BCUT2D eigenvalue weighted by Crippen LogP contribution is 2.30. The van der Waals surface area contributed by atoms with Crippen LogP contribution in [0.15, 0.2) is 18.6 Å². The van der Waals surface area contributed by atoms with Crippen LogP contribution < -0.4 is 10.6 Å². The first kappa shape index (κ1) is 13.2. The van der Waals surface area contributed by atoms with E-state index in [1.165, 1.54) is 32.1 Å². The maximum absolute atomic E-state index is 4.65. The molecule has 1 aliphatic rings. The topological polar surface area (TPSA) is 54.2 Å². The van der Waals surface area contributed by atoms with E-state index in [4.69, 9.17) is 0 Å². The molecule has 0 amide bonds. The standard InChI is InChI=1S/C15H23N5/c1-3-11-6-4-5-7-12(11)18-14-15-17-8-9-20(15)10-13(16-2)19-14/h8-12,16H,3-7H2,1-2H3,(H,18,19). The molecule has 0 radical (unpaired) electrons. The van der Waals surface area contributed by atoms with Crippen molar-refractivity contribution >= 4 is 17.3 Å². The van der Waals surface area contributed by atoms with Crippen LogP contribution >= 0.6 is 0 Å². The number of imidazole rings is 1. The van der Waals surface area contributed by atoms with E-state index in [2.05, 4.69) is 27.5 Å². The summed E-state index contributed by atoms with van der Waals surface area (Å²) in [7, 11) is 1.89. The Morgan fingerprint density at radius 1 is 1.35 bits per heavy atom. The molecule has 1 saturated carbocycles. The van der Waals surface area contributed by atoms with Gasteiger partial charge >= 0.3 is 0 Å². The van der Waals surface area contributed by atoms with Gasteiger partial charge in [-0.25, -0.2) is 9.97 Å². The quantitative estimate of drug-likeness (QED) is 0.898. The van der Waals surface area contributed by atoms with E-state index < -0.39 is 0 Å². The van der Waals surface area contributed by atoms with Crippen molar-refractivity contribution in [3.8, 4) is 0 Å². The molecular weight excluding hydrogens is 250 g/mol. The normalized spacial score (nSPS) is 22.9. The predicted molar refractivity (Wildman–Crippen MR) is 82.2 cm³/mol. The fraction of sp³-hybridized carbons (Fsp3) is 0.600. The molecule has 5 heteroatoms. The molecule has 0 spiro atoms. The molecule has 2 unspecified atom stereocenters. The molecule has 1 fully saturated rings. The summed E-state index contributed by atoms with van der Waals surface area (Å²) in [5.74, 6) is 2.51. The first-order valence-electron chi connectivity index (χ1n) is 7.59. The van der Waals surface area contributed by atoms with Crippen molar-refractivity contribution in [1.82, 2.24) is 14.4 Å². The maximum atomic E-state index is 4.65. The van der Waals surface area contributed by atoms with Crippen LogP contribution in [0.25, 0.3) is 5.65 Å². The Morgan fingerprint density at radius 3 is 3.00 bits per heavy atom. The molecule has 2 heterocycles. The van der Waals surface area contributed by atoms with Gasteiger partial charge in [0.2, 0.25) is 0 Å². The fourth-order valence-corrected chi connectivity index (χ4v) is 3.21. The SMILES string of the molecule is CCC1CCCCC1Nc1nc(NC)cn2ccnc12. The van der Waals surface area contributed by atoms with Crippen molar-refractivity contribution in [2.45, 2.75) is 45.1 Å². The lowest BCUT2D eigenvalue weighted by Gasteiger charge is -2.32. The highest BCUT2D eigenvalue weighted by Gasteiger charge is 2.24. The largest absolute Gasteiger partial charge is 0.372 e. The van der Waals surface area contributed by atoms with Crippen LogP contribution in [0, 0.1) is 5.92 Å². The molecule has 108 valence electrons. The Balaban J connectivity index is 1.90. The lowest BCUT2D eigenvalue weighted by atomic mass is 9.83. The zero-order valence-electron chi connectivity index (χ0n) is 12.3. The van der Waals surface area contributed by atoms with E-state index in [1.807, 2.05) is 30.0 Å². The Morgan fingerprint density at radius 2 is 2.20 bits per heavy atom. The molecule has 0 aliphatic heterocycles. The number of nitrogens with zero attached hydrogens (tertiary/aromatic N) is 3. The molecule has 2 N–H and O–H groups in total. The third kappa shape index (κ3) is 2.44. The van der Waals surface area contributed by atoms with Crippen molar-refractivity contribution in [1.29, 1.82) is 0 Å². The van der Waals surface area contributed by atoms with Gasteiger partial charge in [0.05, 0.1) is 6.20 Å². The van der Waals surface area contributed by atoms with E-state index in [1.54, 1.807) is 0 Å². The van der Waals surface area contributed by atoms with Crippen LogP contribution in [0.1, 0.15) is 39.0 Å². The second-order valence-corrected chi connectivity index (χ2v) is 5.59. The molecule has 0 aromatic carbocycles. The van der Waals surface area contributed by atoms with Gasteiger partial charge in [-0.05, 0) is 18.8 Å². The lowest BCUT2D eigenvalue weighted by molar-refractivity contribution is 0.317. The summed E-state index contributed by atoms with van der Waals surface area (Å²) in [6.45, 7) is 2.28. The molecule has 0 bridgehead atoms. The number of rotatable bonds is 4. The van der Waals surface area contributed by atoms with Gasteiger partial charge in [-0.3, -0.25) is 0 Å². The molecular formula is C15H23N5. The molecule has 2 aromatic heterocycles. The highest BCUT2D eigenvalue weighted by atomic mass is 15.1. The van der Waals surface area contributed by atoms with Crippen LogP contribution in [-0.2, 0) is 0 Å². The number of hydrogen-bond acceptors (Lipinski definition) is 4. The summed E-state index contributed by atoms with van der Waals surface area (Å²) >= 11 is 0. The van der Waals surface area contributed by atoms with Crippen molar-refractivity contribution in [2.24, 2.45) is 5.92 Å². The molecule has 2 atom stereocenters. The number of fused-ring (bicyclic) bond motifs is 1. The third-order valence-corrected chi connectivity index (χ3v) is 4.39. The Bertz CT molecular complexity index is 577. The zero-order chi connectivity index (χ0) is 13.9. The highest BCUT2D eigenvalue weighted by molar-refractivity contribution is 5.65. The van der Waals surface area contributed by atoms with Crippen molar-refractivity contribution in [2.75, 3.05) is 17.7 Å². The van der Waals surface area contributed by atoms with Crippen molar-refractivity contribution in [3.63, 3.8) is 0 Å². The van der Waals surface area contributed by atoms with E-state index in [9.17, 15) is 0 Å². The van der Waals surface area contributed by atoms with Crippen molar-refractivity contribution < 1.29 is 0 Å². The molecule has 2 aromatic rings. The van der Waals surface area contributed by atoms with Gasteiger partial charge in [-0.15, -0.1) is 0 Å². The molecule has 3 rings (SSSR count). The van der Waals surface area contributed by atoms with E-state index >= 15 is 0 Å². The van der Waals surface area contributed by atoms with Crippen LogP contribution in [0.4, 0.5) is 11.6 Å². The first-order valence-corrected chi connectivity index (χ1v) is 7.59. The smallest absolute Gasteiger partial charge is 0.180 e. The van der Waals surface area contributed by atoms with Crippen LogP contribution in [-0.4, -0.2) is 27.5 Å².